The van der Waals surface area contributed by atoms with E-state index in [1.165, 1.54) is 0 Å². The van der Waals surface area contributed by atoms with Gasteiger partial charge in [0.05, 0.1) is 6.61 Å². The fraction of sp³-hybridized carbons (Fsp3) is 0.400. The molecule has 5 N–H and O–H groups in total. The average molecular weight is 180 g/mol. The number of aliphatic hydroxyl groups is 1. The summed E-state index contributed by atoms with van der Waals surface area (Å²) < 4.78 is 0. The minimum absolute atomic E-state index is 0.00588. The van der Waals surface area contributed by atoms with Gasteiger partial charge in [-0.25, -0.2) is 0 Å². The summed E-state index contributed by atoms with van der Waals surface area (Å²) in [5.41, 5.74) is 13.9. The number of rotatable bonds is 3. The summed E-state index contributed by atoms with van der Waals surface area (Å²) in [5.74, 6) is 0. The molecule has 0 aliphatic rings. The SMILES string of the molecule is CCC(N)c1ccc(N)cc1CO. The molecular formula is C10H16N2O. The normalized spacial score (nSPS) is 12.8. The predicted octanol–water partition coefficient (Wildman–Crippen LogP) is 1.17. The van der Waals surface area contributed by atoms with Crippen molar-refractivity contribution < 1.29 is 5.11 Å². The van der Waals surface area contributed by atoms with Crippen molar-refractivity contribution in [3.63, 3.8) is 0 Å². The molecule has 0 heterocycles. The maximum atomic E-state index is 9.08. The van der Waals surface area contributed by atoms with Crippen LogP contribution in [0.1, 0.15) is 30.5 Å². The molecule has 0 saturated carbocycles. The van der Waals surface area contributed by atoms with Crippen molar-refractivity contribution in [2.24, 2.45) is 5.73 Å². The van der Waals surface area contributed by atoms with Gasteiger partial charge in [0.1, 0.15) is 0 Å². The van der Waals surface area contributed by atoms with Gasteiger partial charge in [0.25, 0.3) is 0 Å². The van der Waals surface area contributed by atoms with Crippen LogP contribution in [-0.4, -0.2) is 5.11 Å². The Hall–Kier alpha value is -1.06. The van der Waals surface area contributed by atoms with Crippen molar-refractivity contribution in [1.82, 2.24) is 0 Å². The van der Waals surface area contributed by atoms with Gasteiger partial charge in [0.2, 0.25) is 0 Å². The predicted molar refractivity (Wildman–Crippen MR) is 54.0 cm³/mol. The van der Waals surface area contributed by atoms with Crippen molar-refractivity contribution in [1.29, 1.82) is 0 Å². The zero-order valence-corrected chi connectivity index (χ0v) is 7.83. The maximum Gasteiger partial charge on any atom is 0.0685 e. The first-order valence-electron chi connectivity index (χ1n) is 4.43. The standard InChI is InChI=1S/C10H16N2O/c1-2-10(12)9-4-3-8(11)5-7(9)6-13/h3-5,10,13H,2,6,11-12H2,1H3. The van der Waals surface area contributed by atoms with Crippen LogP contribution in [0.25, 0.3) is 0 Å². The summed E-state index contributed by atoms with van der Waals surface area (Å²) in [5, 5.41) is 9.08. The summed E-state index contributed by atoms with van der Waals surface area (Å²) in [4.78, 5) is 0. The lowest BCUT2D eigenvalue weighted by Crippen LogP contribution is -2.11. The topological polar surface area (TPSA) is 72.3 Å². The van der Waals surface area contributed by atoms with Crippen LogP contribution < -0.4 is 11.5 Å². The molecule has 72 valence electrons. The second-order valence-electron chi connectivity index (χ2n) is 3.13. The summed E-state index contributed by atoms with van der Waals surface area (Å²) in [6.07, 6.45) is 0.858. The largest absolute Gasteiger partial charge is 0.399 e. The molecule has 0 bridgehead atoms. The lowest BCUT2D eigenvalue weighted by molar-refractivity contribution is 0.280. The van der Waals surface area contributed by atoms with E-state index in [1.807, 2.05) is 19.1 Å². The van der Waals surface area contributed by atoms with Gasteiger partial charge >= 0.3 is 0 Å². The van der Waals surface area contributed by atoms with Gasteiger partial charge in [-0.3, -0.25) is 0 Å². The zero-order chi connectivity index (χ0) is 9.84. The smallest absolute Gasteiger partial charge is 0.0685 e. The highest BCUT2D eigenvalue weighted by atomic mass is 16.3. The van der Waals surface area contributed by atoms with Gasteiger partial charge in [-0.05, 0) is 29.7 Å². The van der Waals surface area contributed by atoms with Crippen LogP contribution in [0.2, 0.25) is 0 Å². The van der Waals surface area contributed by atoms with E-state index < -0.39 is 0 Å². The van der Waals surface area contributed by atoms with Gasteiger partial charge in [0.15, 0.2) is 0 Å². The summed E-state index contributed by atoms with van der Waals surface area (Å²) in [7, 11) is 0. The van der Waals surface area contributed by atoms with Crippen molar-refractivity contribution in [2.45, 2.75) is 26.0 Å². The van der Waals surface area contributed by atoms with Gasteiger partial charge in [-0.15, -0.1) is 0 Å². The number of hydrogen-bond acceptors (Lipinski definition) is 3. The van der Waals surface area contributed by atoms with Crippen molar-refractivity contribution in [3.8, 4) is 0 Å². The van der Waals surface area contributed by atoms with Crippen LogP contribution >= 0.6 is 0 Å². The fourth-order valence-electron chi connectivity index (χ4n) is 1.34. The molecule has 1 atom stereocenters. The highest BCUT2D eigenvalue weighted by molar-refractivity contribution is 5.45. The first-order valence-corrected chi connectivity index (χ1v) is 4.43. The maximum absolute atomic E-state index is 9.08. The molecular weight excluding hydrogens is 164 g/mol. The van der Waals surface area contributed by atoms with Crippen LogP contribution in [0.4, 0.5) is 5.69 Å². The first kappa shape index (κ1) is 10.0. The Balaban J connectivity index is 3.05. The Bertz CT molecular complexity index is 286. The number of benzene rings is 1. The first-order chi connectivity index (χ1) is 6.19. The highest BCUT2D eigenvalue weighted by Gasteiger charge is 2.08. The molecule has 0 fully saturated rings. The molecule has 0 saturated heterocycles. The molecule has 0 amide bonds. The number of nitrogen functional groups attached to an aromatic ring is 1. The molecule has 0 aliphatic carbocycles. The van der Waals surface area contributed by atoms with E-state index in [1.54, 1.807) is 6.07 Å². The minimum atomic E-state index is -0.0113. The van der Waals surface area contributed by atoms with E-state index in [9.17, 15) is 0 Å². The van der Waals surface area contributed by atoms with E-state index in [0.717, 1.165) is 17.5 Å². The second-order valence-corrected chi connectivity index (χ2v) is 3.13. The van der Waals surface area contributed by atoms with E-state index >= 15 is 0 Å². The van der Waals surface area contributed by atoms with Crippen LogP contribution in [0.5, 0.6) is 0 Å². The summed E-state index contributed by atoms with van der Waals surface area (Å²) in [6.45, 7) is 2.01. The number of hydrogen-bond donors (Lipinski definition) is 3. The zero-order valence-electron chi connectivity index (χ0n) is 7.83. The highest BCUT2D eigenvalue weighted by Crippen LogP contribution is 2.21. The van der Waals surface area contributed by atoms with Crippen molar-refractivity contribution >= 4 is 5.69 Å². The summed E-state index contributed by atoms with van der Waals surface area (Å²) in [6, 6.07) is 5.45. The molecule has 3 heteroatoms. The Kier molecular flexibility index (Phi) is 3.28. The lowest BCUT2D eigenvalue weighted by Gasteiger charge is -2.13. The minimum Gasteiger partial charge on any atom is -0.399 e. The van der Waals surface area contributed by atoms with E-state index in [-0.39, 0.29) is 12.6 Å². The lowest BCUT2D eigenvalue weighted by atomic mass is 9.99. The molecule has 13 heavy (non-hydrogen) atoms. The number of aliphatic hydroxyl groups excluding tert-OH is 1. The van der Waals surface area contributed by atoms with Gasteiger partial charge in [-0.1, -0.05) is 13.0 Å². The van der Waals surface area contributed by atoms with Gasteiger partial charge in [0, 0.05) is 11.7 Å². The van der Waals surface area contributed by atoms with E-state index in [2.05, 4.69) is 0 Å². The Morgan fingerprint density at radius 3 is 2.69 bits per heavy atom. The molecule has 0 radical (unpaired) electrons. The van der Waals surface area contributed by atoms with Crippen LogP contribution in [0, 0.1) is 0 Å². The molecule has 0 aromatic heterocycles. The van der Waals surface area contributed by atoms with Gasteiger partial charge in [-0.2, -0.15) is 0 Å². The molecule has 0 aliphatic heterocycles. The second kappa shape index (κ2) is 4.25. The summed E-state index contributed by atoms with van der Waals surface area (Å²) >= 11 is 0. The molecule has 1 aromatic rings. The third-order valence-corrected chi connectivity index (χ3v) is 2.18. The van der Waals surface area contributed by atoms with Crippen LogP contribution in [0.15, 0.2) is 18.2 Å². The van der Waals surface area contributed by atoms with Crippen molar-refractivity contribution in [3.05, 3.63) is 29.3 Å². The fourth-order valence-corrected chi connectivity index (χ4v) is 1.34. The third-order valence-electron chi connectivity index (χ3n) is 2.18. The Labute approximate surface area is 78.4 Å². The Morgan fingerprint density at radius 2 is 2.15 bits per heavy atom. The monoisotopic (exact) mass is 180 g/mol. The van der Waals surface area contributed by atoms with Gasteiger partial charge < -0.3 is 16.6 Å². The van der Waals surface area contributed by atoms with Crippen LogP contribution in [-0.2, 0) is 6.61 Å². The number of anilines is 1. The quantitative estimate of drug-likeness (QED) is 0.611. The van der Waals surface area contributed by atoms with E-state index in [4.69, 9.17) is 16.6 Å². The molecule has 1 aromatic carbocycles. The molecule has 3 nitrogen and oxygen atoms in total. The molecule has 0 spiro atoms. The number of nitrogens with two attached hydrogens (primary N) is 2. The average Bonchev–Trinajstić information content (AvgIpc) is 2.16. The Morgan fingerprint density at radius 1 is 1.46 bits per heavy atom. The third kappa shape index (κ3) is 2.20. The molecule has 1 unspecified atom stereocenters. The van der Waals surface area contributed by atoms with E-state index in [0.29, 0.717) is 5.69 Å². The van der Waals surface area contributed by atoms with Crippen molar-refractivity contribution in [2.75, 3.05) is 5.73 Å². The van der Waals surface area contributed by atoms with Crippen LogP contribution in [0.3, 0.4) is 0 Å². The molecule has 1 rings (SSSR count).